The van der Waals surface area contributed by atoms with Crippen LogP contribution in [0.5, 0.6) is 23.0 Å². The zero-order chi connectivity index (χ0) is 21.8. The Morgan fingerprint density at radius 3 is 2.23 bits per heavy atom. The number of ether oxygens (including phenoxy) is 4. The zero-order valence-electron chi connectivity index (χ0n) is 17.7. The molecule has 0 aliphatic carbocycles. The third-order valence-electron chi connectivity index (χ3n) is 4.16. The van der Waals surface area contributed by atoms with Gasteiger partial charge in [-0.2, -0.15) is 0 Å². The van der Waals surface area contributed by atoms with Crippen LogP contribution in [0, 0.1) is 0 Å². The van der Waals surface area contributed by atoms with Gasteiger partial charge in [-0.25, -0.2) is 0 Å². The molecule has 0 spiro atoms. The molecule has 3 rings (SSSR count). The van der Waals surface area contributed by atoms with Gasteiger partial charge < -0.3 is 18.9 Å². The minimum atomic E-state index is -0.0230. The summed E-state index contributed by atoms with van der Waals surface area (Å²) < 4.78 is 23.3. The Kier molecular flexibility index (Phi) is 7.57. The molecular weight excluding hydrogens is 515 g/mol. The maximum Gasteiger partial charge on any atom is 0.200 e. The highest BCUT2D eigenvalue weighted by Crippen LogP contribution is 2.46. The second kappa shape index (κ2) is 9.96. The molecule has 1 aliphatic rings. The van der Waals surface area contributed by atoms with Gasteiger partial charge in [0.2, 0.25) is 5.78 Å². The monoisotopic (exact) mass is 540 g/mol. The summed E-state index contributed by atoms with van der Waals surface area (Å²) in [5.41, 5.74) is 1.51. The van der Waals surface area contributed by atoms with Gasteiger partial charge in [0.15, 0.2) is 23.0 Å². The number of carbonyl (C=O) groups excluding carboxylic acids is 1. The molecular formula is C23H25IO5S. The van der Waals surface area contributed by atoms with E-state index in [4.69, 9.17) is 18.9 Å². The molecule has 5 nitrogen and oxygen atoms in total. The van der Waals surface area contributed by atoms with Crippen LogP contribution >= 0.6 is 34.4 Å². The molecule has 1 aliphatic heterocycles. The van der Waals surface area contributed by atoms with Gasteiger partial charge in [0.25, 0.3) is 0 Å². The standard InChI is InChI=1S/C23H25IO5S/c1-13(2)28-19-8-15(6-7-17(19)27-12-24)9-22-23(25)16-10-20(29-14(3)4)18(26-5)11-21(16)30-22/h6-11,13-14H,12H2,1-5H3. The molecule has 0 bridgehead atoms. The number of carbonyl (C=O) groups is 1. The first-order valence-electron chi connectivity index (χ1n) is 9.64. The van der Waals surface area contributed by atoms with Gasteiger partial charge in [0, 0.05) is 10.5 Å². The maximum absolute atomic E-state index is 13.0. The van der Waals surface area contributed by atoms with Crippen LogP contribution in [-0.4, -0.2) is 29.7 Å². The number of hydrogen-bond donors (Lipinski definition) is 0. The number of Topliss-reactive ketones (excluding diaryl/α,β-unsaturated/α-hetero) is 1. The lowest BCUT2D eigenvalue weighted by molar-refractivity contribution is 0.104. The highest BCUT2D eigenvalue weighted by Gasteiger charge is 2.28. The van der Waals surface area contributed by atoms with E-state index in [1.165, 1.54) is 11.8 Å². The van der Waals surface area contributed by atoms with E-state index in [2.05, 4.69) is 22.6 Å². The van der Waals surface area contributed by atoms with Gasteiger partial charge in [0.1, 0.15) is 4.61 Å². The largest absolute Gasteiger partial charge is 0.493 e. The normalized spacial score (nSPS) is 14.4. The van der Waals surface area contributed by atoms with Crippen LogP contribution in [0.25, 0.3) is 6.08 Å². The summed E-state index contributed by atoms with van der Waals surface area (Å²) in [5.74, 6) is 2.53. The average Bonchev–Trinajstić information content (AvgIpc) is 2.97. The van der Waals surface area contributed by atoms with Crippen LogP contribution in [0.4, 0.5) is 0 Å². The van der Waals surface area contributed by atoms with Crippen LogP contribution in [-0.2, 0) is 0 Å². The van der Waals surface area contributed by atoms with Gasteiger partial charge in [0.05, 0.1) is 24.2 Å². The van der Waals surface area contributed by atoms with Crippen molar-refractivity contribution in [3.63, 3.8) is 0 Å². The number of thioether (sulfide) groups is 1. The molecule has 0 atom stereocenters. The minimum Gasteiger partial charge on any atom is -0.493 e. The number of ketones is 1. The molecule has 30 heavy (non-hydrogen) atoms. The molecule has 7 heteroatoms. The quantitative estimate of drug-likeness (QED) is 0.220. The van der Waals surface area contributed by atoms with Gasteiger partial charge >= 0.3 is 0 Å². The summed E-state index contributed by atoms with van der Waals surface area (Å²) in [6, 6.07) is 9.33. The minimum absolute atomic E-state index is 0.0150. The predicted molar refractivity (Wildman–Crippen MR) is 129 cm³/mol. The van der Waals surface area contributed by atoms with E-state index in [1.54, 1.807) is 13.2 Å². The summed E-state index contributed by atoms with van der Waals surface area (Å²) in [5, 5.41) is 0. The Hall–Kier alpha value is -1.87. The van der Waals surface area contributed by atoms with Gasteiger partial charge in [-0.3, -0.25) is 4.79 Å². The predicted octanol–water partition coefficient (Wildman–Crippen LogP) is 6.37. The van der Waals surface area contributed by atoms with Crippen molar-refractivity contribution >= 4 is 46.2 Å². The van der Waals surface area contributed by atoms with Gasteiger partial charge in [-0.1, -0.05) is 17.8 Å². The lowest BCUT2D eigenvalue weighted by atomic mass is 10.1. The average molecular weight is 540 g/mol. The van der Waals surface area contributed by atoms with Crippen molar-refractivity contribution in [3.8, 4) is 23.0 Å². The van der Waals surface area contributed by atoms with E-state index in [1.807, 2.05) is 58.0 Å². The van der Waals surface area contributed by atoms with Crippen molar-refractivity contribution in [1.29, 1.82) is 0 Å². The number of rotatable bonds is 8. The highest BCUT2D eigenvalue weighted by atomic mass is 127. The van der Waals surface area contributed by atoms with Crippen molar-refractivity contribution < 1.29 is 23.7 Å². The summed E-state index contributed by atoms with van der Waals surface area (Å²) in [4.78, 5) is 14.5. The molecule has 0 N–H and O–H groups in total. The van der Waals surface area contributed by atoms with Crippen LogP contribution in [0.15, 0.2) is 40.1 Å². The highest BCUT2D eigenvalue weighted by molar-refractivity contribution is 14.1. The van der Waals surface area contributed by atoms with E-state index < -0.39 is 0 Å². The first kappa shape index (κ1) is 22.8. The Bertz CT molecular complexity index is 968. The van der Waals surface area contributed by atoms with Crippen LogP contribution < -0.4 is 18.9 Å². The molecule has 0 aromatic heterocycles. The lowest BCUT2D eigenvalue weighted by Gasteiger charge is -2.14. The molecule has 0 radical (unpaired) electrons. The Labute approximate surface area is 195 Å². The maximum atomic E-state index is 13.0. The Balaban J connectivity index is 1.93. The molecule has 0 unspecified atom stereocenters. The van der Waals surface area contributed by atoms with Crippen LogP contribution in [0.2, 0.25) is 0 Å². The number of benzene rings is 2. The summed E-state index contributed by atoms with van der Waals surface area (Å²) in [6.45, 7) is 7.82. The second-order valence-electron chi connectivity index (χ2n) is 7.23. The van der Waals surface area contributed by atoms with E-state index >= 15 is 0 Å². The SMILES string of the molecule is COc1cc2c(cc1OC(C)C)C(=O)C(=Cc1ccc(OCI)c(OC(C)C)c1)S2. The van der Waals surface area contributed by atoms with E-state index in [0.717, 1.165) is 10.5 Å². The Morgan fingerprint density at radius 1 is 0.967 bits per heavy atom. The van der Waals surface area contributed by atoms with Gasteiger partial charge in [-0.05, 0) is 86.2 Å². The third-order valence-corrected chi connectivity index (χ3v) is 5.55. The summed E-state index contributed by atoms with van der Waals surface area (Å²) in [7, 11) is 1.60. The molecule has 2 aromatic carbocycles. The topological polar surface area (TPSA) is 54.0 Å². The fourth-order valence-electron chi connectivity index (χ4n) is 2.99. The molecule has 0 saturated carbocycles. The van der Waals surface area contributed by atoms with E-state index in [0.29, 0.717) is 38.1 Å². The lowest BCUT2D eigenvalue weighted by Crippen LogP contribution is -2.07. The first-order valence-corrected chi connectivity index (χ1v) is 12.0. The number of halogens is 1. The van der Waals surface area contributed by atoms with E-state index in [-0.39, 0.29) is 18.0 Å². The second-order valence-corrected chi connectivity index (χ2v) is 8.94. The van der Waals surface area contributed by atoms with Gasteiger partial charge in [-0.15, -0.1) is 0 Å². The molecule has 160 valence electrons. The number of fused-ring (bicyclic) bond motifs is 1. The van der Waals surface area contributed by atoms with Crippen molar-refractivity contribution in [2.24, 2.45) is 0 Å². The number of hydrogen-bond acceptors (Lipinski definition) is 6. The van der Waals surface area contributed by atoms with Crippen LogP contribution in [0.1, 0.15) is 43.6 Å². The molecule has 0 amide bonds. The first-order chi connectivity index (χ1) is 14.3. The number of alkyl halides is 1. The zero-order valence-corrected chi connectivity index (χ0v) is 20.6. The molecule has 1 heterocycles. The van der Waals surface area contributed by atoms with E-state index in [9.17, 15) is 4.79 Å². The Morgan fingerprint density at radius 2 is 1.63 bits per heavy atom. The smallest absolute Gasteiger partial charge is 0.200 e. The van der Waals surface area contributed by atoms with Crippen molar-refractivity contribution in [2.45, 2.75) is 44.8 Å². The molecule has 2 aromatic rings. The number of allylic oxidation sites excluding steroid dienone is 1. The third kappa shape index (κ3) is 5.24. The molecule has 0 saturated heterocycles. The van der Waals surface area contributed by atoms with Crippen molar-refractivity contribution in [1.82, 2.24) is 0 Å². The van der Waals surface area contributed by atoms with Crippen molar-refractivity contribution in [2.75, 3.05) is 11.7 Å². The number of methoxy groups -OCH3 is 1. The molecule has 0 fully saturated rings. The summed E-state index contributed by atoms with van der Waals surface area (Å²) >= 11 is 3.58. The van der Waals surface area contributed by atoms with Crippen LogP contribution in [0.3, 0.4) is 0 Å². The summed E-state index contributed by atoms with van der Waals surface area (Å²) in [6.07, 6.45) is 1.88. The fraction of sp³-hybridized carbons (Fsp3) is 0.348. The van der Waals surface area contributed by atoms with Crippen molar-refractivity contribution in [3.05, 3.63) is 46.4 Å². The fourth-order valence-corrected chi connectivity index (χ4v) is 4.39.